The summed E-state index contributed by atoms with van der Waals surface area (Å²) in [6.07, 6.45) is 6.77. The summed E-state index contributed by atoms with van der Waals surface area (Å²) in [5, 5.41) is 6.54. The Bertz CT molecular complexity index is 1410. The van der Waals surface area contributed by atoms with Crippen molar-refractivity contribution in [2.75, 3.05) is 18.4 Å². The number of anilines is 1. The average Bonchev–Trinajstić information content (AvgIpc) is 3.27. The summed E-state index contributed by atoms with van der Waals surface area (Å²) in [5.41, 5.74) is 3.14. The van der Waals surface area contributed by atoms with E-state index in [1.165, 1.54) is 24.4 Å². The number of carbonyl (C=O) groups excluding carboxylic acids is 2. The van der Waals surface area contributed by atoms with Crippen molar-refractivity contribution in [2.45, 2.75) is 19.4 Å². The highest BCUT2D eigenvalue weighted by Gasteiger charge is 2.21. The van der Waals surface area contributed by atoms with Crippen LogP contribution in [-0.2, 0) is 11.3 Å². The smallest absolute Gasteiger partial charge is 0.229 e. The second-order valence-electron chi connectivity index (χ2n) is 8.59. The van der Waals surface area contributed by atoms with Gasteiger partial charge in [-0.3, -0.25) is 14.6 Å². The van der Waals surface area contributed by atoms with Gasteiger partial charge in [-0.05, 0) is 49.7 Å². The van der Waals surface area contributed by atoms with Crippen molar-refractivity contribution in [3.63, 3.8) is 0 Å². The third-order valence-corrected chi connectivity index (χ3v) is 6.47. The summed E-state index contributed by atoms with van der Waals surface area (Å²) in [7, 11) is 0. The SMILES string of the molecule is O=C(Cn1ccc2ncc(-c3cc(NC(=O)C4CCCNC4)ncc3Cl)cc21)c1cccc(F)c1. The molecule has 1 aliphatic rings. The van der Waals surface area contributed by atoms with E-state index >= 15 is 0 Å². The van der Waals surface area contributed by atoms with E-state index in [-0.39, 0.29) is 24.2 Å². The normalized spacial score (nSPS) is 15.8. The van der Waals surface area contributed by atoms with Crippen LogP contribution in [0.3, 0.4) is 0 Å². The molecule has 0 saturated carbocycles. The van der Waals surface area contributed by atoms with E-state index in [2.05, 4.69) is 20.6 Å². The van der Waals surface area contributed by atoms with Crippen molar-refractivity contribution in [3.05, 3.63) is 77.5 Å². The first-order valence-corrected chi connectivity index (χ1v) is 11.8. The van der Waals surface area contributed by atoms with Gasteiger partial charge in [0.2, 0.25) is 5.91 Å². The first-order chi connectivity index (χ1) is 17.0. The molecule has 4 aromatic rings. The minimum Gasteiger partial charge on any atom is -0.338 e. The molecule has 4 heterocycles. The van der Waals surface area contributed by atoms with Gasteiger partial charge < -0.3 is 15.2 Å². The Morgan fingerprint density at radius 3 is 2.86 bits per heavy atom. The molecule has 0 spiro atoms. The third kappa shape index (κ3) is 5.08. The van der Waals surface area contributed by atoms with Gasteiger partial charge in [0.1, 0.15) is 11.6 Å². The molecule has 9 heteroatoms. The number of carbonyl (C=O) groups is 2. The molecule has 1 aromatic carbocycles. The first-order valence-electron chi connectivity index (χ1n) is 11.4. The molecule has 1 fully saturated rings. The summed E-state index contributed by atoms with van der Waals surface area (Å²) >= 11 is 6.45. The van der Waals surface area contributed by atoms with Gasteiger partial charge in [-0.15, -0.1) is 0 Å². The van der Waals surface area contributed by atoms with Crippen molar-refractivity contribution < 1.29 is 14.0 Å². The maximum Gasteiger partial charge on any atom is 0.229 e. The number of nitrogens with zero attached hydrogens (tertiary/aromatic N) is 3. The van der Waals surface area contributed by atoms with Crippen LogP contribution in [0, 0.1) is 11.7 Å². The topological polar surface area (TPSA) is 88.9 Å². The molecular weight excluding hydrogens is 469 g/mol. The Hall–Kier alpha value is -3.62. The number of hydrogen-bond donors (Lipinski definition) is 2. The molecule has 7 nitrogen and oxygen atoms in total. The highest BCUT2D eigenvalue weighted by Crippen LogP contribution is 2.31. The van der Waals surface area contributed by atoms with Crippen LogP contribution in [0.15, 0.2) is 61.1 Å². The van der Waals surface area contributed by atoms with Crippen LogP contribution in [0.4, 0.5) is 10.2 Å². The summed E-state index contributed by atoms with van der Waals surface area (Å²) in [6.45, 7) is 1.62. The molecule has 0 aliphatic carbocycles. The molecular formula is C26H23ClFN5O2. The molecule has 178 valence electrons. The zero-order valence-electron chi connectivity index (χ0n) is 18.8. The molecule has 5 rings (SSSR count). The lowest BCUT2D eigenvalue weighted by Crippen LogP contribution is -2.37. The predicted molar refractivity (Wildman–Crippen MR) is 133 cm³/mol. The van der Waals surface area contributed by atoms with Crippen LogP contribution in [-0.4, -0.2) is 39.3 Å². The number of piperidine rings is 1. The molecule has 35 heavy (non-hydrogen) atoms. The van der Waals surface area contributed by atoms with Crippen LogP contribution in [0.1, 0.15) is 23.2 Å². The van der Waals surface area contributed by atoms with E-state index in [1.807, 2.05) is 12.1 Å². The van der Waals surface area contributed by atoms with Gasteiger partial charge in [-0.2, -0.15) is 0 Å². The fourth-order valence-electron chi connectivity index (χ4n) is 4.29. The zero-order valence-corrected chi connectivity index (χ0v) is 19.6. The second kappa shape index (κ2) is 9.93. The number of amides is 1. The zero-order chi connectivity index (χ0) is 24.4. The lowest BCUT2D eigenvalue weighted by atomic mass is 9.99. The lowest BCUT2D eigenvalue weighted by molar-refractivity contribution is -0.120. The number of halogens is 2. The predicted octanol–water partition coefficient (Wildman–Crippen LogP) is 4.71. The van der Waals surface area contributed by atoms with Gasteiger partial charge in [0.25, 0.3) is 0 Å². The van der Waals surface area contributed by atoms with Gasteiger partial charge in [-0.25, -0.2) is 9.37 Å². The van der Waals surface area contributed by atoms with Crippen LogP contribution >= 0.6 is 11.6 Å². The molecule has 0 radical (unpaired) electrons. The maximum absolute atomic E-state index is 13.5. The minimum atomic E-state index is -0.452. The summed E-state index contributed by atoms with van der Waals surface area (Å²) < 4.78 is 15.3. The molecule has 2 N–H and O–H groups in total. The van der Waals surface area contributed by atoms with E-state index < -0.39 is 5.82 Å². The van der Waals surface area contributed by atoms with Crippen molar-refractivity contribution in [2.24, 2.45) is 5.92 Å². The number of benzene rings is 1. The molecule has 1 atom stereocenters. The van der Waals surface area contributed by atoms with E-state index in [4.69, 9.17) is 11.6 Å². The lowest BCUT2D eigenvalue weighted by Gasteiger charge is -2.21. The van der Waals surface area contributed by atoms with Gasteiger partial charge >= 0.3 is 0 Å². The van der Waals surface area contributed by atoms with E-state index in [0.717, 1.165) is 30.5 Å². The van der Waals surface area contributed by atoms with Gasteiger partial charge in [-0.1, -0.05) is 23.7 Å². The van der Waals surface area contributed by atoms with Crippen LogP contribution in [0.25, 0.3) is 22.2 Å². The standard InChI is InChI=1S/C26H23ClFN5O2/c27-21-14-31-25(32-26(35)17-4-2-7-29-12-17)11-20(21)18-10-23-22(30-13-18)6-8-33(23)15-24(34)16-3-1-5-19(28)9-16/h1,3,5-6,8-11,13-14,17,29H,2,4,7,12,15H2,(H,31,32,35). The number of Topliss-reactive ketones (excluding diaryl/α,β-unsaturated/α-hetero) is 1. The van der Waals surface area contributed by atoms with E-state index in [0.29, 0.717) is 34.0 Å². The van der Waals surface area contributed by atoms with Crippen LogP contribution < -0.4 is 10.6 Å². The number of hydrogen-bond acceptors (Lipinski definition) is 5. The molecule has 1 aliphatic heterocycles. The number of pyridine rings is 2. The number of nitrogens with one attached hydrogen (secondary N) is 2. The van der Waals surface area contributed by atoms with E-state index in [1.54, 1.807) is 29.1 Å². The number of rotatable bonds is 6. The van der Waals surface area contributed by atoms with Crippen LogP contribution in [0.5, 0.6) is 0 Å². The van der Waals surface area contributed by atoms with E-state index in [9.17, 15) is 14.0 Å². The van der Waals surface area contributed by atoms with Crippen LogP contribution in [0.2, 0.25) is 5.02 Å². The fourth-order valence-corrected chi connectivity index (χ4v) is 4.50. The Balaban J connectivity index is 1.41. The molecule has 0 bridgehead atoms. The highest BCUT2D eigenvalue weighted by molar-refractivity contribution is 6.33. The largest absolute Gasteiger partial charge is 0.338 e. The number of ketones is 1. The summed E-state index contributed by atoms with van der Waals surface area (Å²) in [6, 6.07) is 11.1. The Labute approximate surface area is 206 Å². The highest BCUT2D eigenvalue weighted by atomic mass is 35.5. The van der Waals surface area contributed by atoms with Crippen molar-refractivity contribution in [1.29, 1.82) is 0 Å². The molecule has 3 aromatic heterocycles. The number of fused-ring (bicyclic) bond motifs is 1. The Morgan fingerprint density at radius 2 is 2.06 bits per heavy atom. The quantitative estimate of drug-likeness (QED) is 0.381. The third-order valence-electron chi connectivity index (χ3n) is 6.16. The maximum atomic E-state index is 13.5. The van der Waals surface area contributed by atoms with Gasteiger partial charge in [0.15, 0.2) is 5.78 Å². The van der Waals surface area contributed by atoms with Crippen molar-refractivity contribution in [3.8, 4) is 11.1 Å². The molecule has 1 amide bonds. The average molecular weight is 492 g/mol. The minimum absolute atomic E-state index is 0.0406. The molecule has 1 unspecified atom stereocenters. The van der Waals surface area contributed by atoms with Crippen molar-refractivity contribution in [1.82, 2.24) is 19.9 Å². The van der Waals surface area contributed by atoms with Gasteiger partial charge in [0, 0.05) is 41.8 Å². The summed E-state index contributed by atoms with van der Waals surface area (Å²) in [4.78, 5) is 34.1. The number of aromatic nitrogens is 3. The van der Waals surface area contributed by atoms with Crippen molar-refractivity contribution >= 4 is 40.1 Å². The molecule has 1 saturated heterocycles. The second-order valence-corrected chi connectivity index (χ2v) is 8.99. The van der Waals surface area contributed by atoms with Gasteiger partial charge in [0.05, 0.1) is 28.5 Å². The summed E-state index contributed by atoms with van der Waals surface area (Å²) in [5.74, 6) is -0.418. The Kier molecular flexibility index (Phi) is 6.57. The fraction of sp³-hybridized carbons (Fsp3) is 0.231. The monoisotopic (exact) mass is 491 g/mol. The first kappa shape index (κ1) is 23.1. The Morgan fingerprint density at radius 1 is 1.17 bits per heavy atom.